The van der Waals surface area contributed by atoms with Gasteiger partial charge in [-0.3, -0.25) is 0 Å². The lowest BCUT2D eigenvalue weighted by Gasteiger charge is -2.16. The van der Waals surface area contributed by atoms with Crippen molar-refractivity contribution in [1.29, 1.82) is 0 Å². The van der Waals surface area contributed by atoms with Gasteiger partial charge in [0.2, 0.25) is 0 Å². The summed E-state index contributed by atoms with van der Waals surface area (Å²) in [5.74, 6) is 1.24. The molecule has 0 fully saturated rings. The van der Waals surface area contributed by atoms with Crippen molar-refractivity contribution >= 4 is 50.7 Å². The van der Waals surface area contributed by atoms with Crippen molar-refractivity contribution in [1.82, 2.24) is 0 Å². The van der Waals surface area contributed by atoms with Crippen LogP contribution in [0.15, 0.2) is 34.8 Å². The fraction of sp³-hybridized carbons (Fsp3) is 0.200. The van der Waals surface area contributed by atoms with E-state index >= 15 is 0 Å². The smallest absolute Gasteiger partial charge is 0.161 e. The predicted molar refractivity (Wildman–Crippen MR) is 91.4 cm³/mol. The number of benzene rings is 2. The van der Waals surface area contributed by atoms with Crippen LogP contribution in [0, 0.1) is 0 Å². The molecule has 2 nitrogen and oxygen atoms in total. The van der Waals surface area contributed by atoms with Crippen molar-refractivity contribution < 1.29 is 9.47 Å². The van der Waals surface area contributed by atoms with Crippen LogP contribution in [0.3, 0.4) is 0 Å². The van der Waals surface area contributed by atoms with Crippen LogP contribution in [0.1, 0.15) is 16.5 Å². The molecule has 0 amide bonds. The van der Waals surface area contributed by atoms with Gasteiger partial charge in [0, 0.05) is 4.47 Å². The Morgan fingerprint density at radius 2 is 1.57 bits per heavy atom. The first kappa shape index (κ1) is 16.8. The van der Waals surface area contributed by atoms with E-state index in [9.17, 15) is 0 Å². The molecule has 0 aliphatic heterocycles. The molecular formula is C15H12BrCl3O2. The molecule has 21 heavy (non-hydrogen) atoms. The van der Waals surface area contributed by atoms with E-state index < -0.39 is 5.38 Å². The summed E-state index contributed by atoms with van der Waals surface area (Å²) in [6, 6.07) is 8.98. The first-order chi connectivity index (χ1) is 9.97. The van der Waals surface area contributed by atoms with E-state index in [0.29, 0.717) is 21.5 Å². The summed E-state index contributed by atoms with van der Waals surface area (Å²) in [4.78, 5) is 0. The number of methoxy groups -OCH3 is 2. The summed E-state index contributed by atoms with van der Waals surface area (Å²) >= 11 is 22.0. The Morgan fingerprint density at radius 3 is 2.14 bits per heavy atom. The summed E-state index contributed by atoms with van der Waals surface area (Å²) in [5.41, 5.74) is 1.70. The van der Waals surface area contributed by atoms with Gasteiger partial charge < -0.3 is 9.47 Å². The van der Waals surface area contributed by atoms with Crippen LogP contribution >= 0.6 is 50.7 Å². The Balaban J connectivity index is 2.47. The van der Waals surface area contributed by atoms with Gasteiger partial charge in [0.25, 0.3) is 0 Å². The SMILES string of the molecule is COc1cc(Br)c(C(Cl)c2ccc(Cl)c(Cl)c2)cc1OC. The average Bonchev–Trinajstić information content (AvgIpc) is 2.49. The number of rotatable bonds is 4. The minimum absolute atomic E-state index is 0.394. The number of hydrogen-bond donors (Lipinski definition) is 0. The standard InChI is InChI=1S/C15H12BrCl3O2/c1-20-13-6-9(10(16)7-14(13)21-2)15(19)8-3-4-11(17)12(18)5-8/h3-7,15H,1-2H3. The first-order valence-corrected chi connectivity index (χ1v) is 7.97. The Bertz CT molecular complexity index is 662. The van der Waals surface area contributed by atoms with Gasteiger partial charge in [-0.15, -0.1) is 11.6 Å². The van der Waals surface area contributed by atoms with Crippen molar-refractivity contribution in [2.75, 3.05) is 14.2 Å². The van der Waals surface area contributed by atoms with E-state index in [1.807, 2.05) is 18.2 Å². The highest BCUT2D eigenvalue weighted by atomic mass is 79.9. The molecule has 0 aliphatic carbocycles. The summed E-state index contributed by atoms with van der Waals surface area (Å²) in [6.07, 6.45) is 0. The van der Waals surface area contributed by atoms with Gasteiger partial charge in [-0.05, 0) is 35.4 Å². The summed E-state index contributed by atoms with van der Waals surface area (Å²) < 4.78 is 11.4. The summed E-state index contributed by atoms with van der Waals surface area (Å²) in [5, 5.41) is 0.570. The summed E-state index contributed by atoms with van der Waals surface area (Å²) in [6.45, 7) is 0. The van der Waals surface area contributed by atoms with Gasteiger partial charge in [-0.25, -0.2) is 0 Å². The lowest BCUT2D eigenvalue weighted by Crippen LogP contribution is -1.98. The molecular weight excluding hydrogens is 398 g/mol. The lowest BCUT2D eigenvalue weighted by atomic mass is 10.0. The second-order valence-electron chi connectivity index (χ2n) is 4.26. The predicted octanol–water partition coefficient (Wildman–Crippen LogP) is 6.10. The molecule has 2 aromatic rings. The number of halogens is 4. The van der Waals surface area contributed by atoms with Crippen LogP contribution in [0.4, 0.5) is 0 Å². The molecule has 0 bridgehead atoms. The van der Waals surface area contributed by atoms with Crippen LogP contribution in [0.2, 0.25) is 10.0 Å². The Kier molecular flexibility index (Phi) is 5.67. The molecule has 2 aromatic carbocycles. The Morgan fingerprint density at radius 1 is 0.952 bits per heavy atom. The van der Waals surface area contributed by atoms with Crippen molar-refractivity contribution in [3.63, 3.8) is 0 Å². The van der Waals surface area contributed by atoms with E-state index in [0.717, 1.165) is 15.6 Å². The number of ether oxygens (including phenoxy) is 2. The molecule has 0 N–H and O–H groups in total. The van der Waals surface area contributed by atoms with E-state index in [1.165, 1.54) is 0 Å². The molecule has 0 aromatic heterocycles. The van der Waals surface area contributed by atoms with Gasteiger partial charge in [0.15, 0.2) is 11.5 Å². The van der Waals surface area contributed by atoms with Crippen LogP contribution in [0.25, 0.3) is 0 Å². The molecule has 112 valence electrons. The molecule has 0 saturated heterocycles. The Hall–Kier alpha value is -0.610. The van der Waals surface area contributed by atoms with Crippen LogP contribution in [0.5, 0.6) is 11.5 Å². The van der Waals surface area contributed by atoms with Crippen molar-refractivity contribution in [3.8, 4) is 11.5 Å². The highest BCUT2D eigenvalue weighted by molar-refractivity contribution is 9.10. The molecule has 1 unspecified atom stereocenters. The molecule has 0 saturated carbocycles. The minimum Gasteiger partial charge on any atom is -0.493 e. The highest BCUT2D eigenvalue weighted by Gasteiger charge is 2.18. The van der Waals surface area contributed by atoms with Crippen LogP contribution < -0.4 is 9.47 Å². The topological polar surface area (TPSA) is 18.5 Å². The van der Waals surface area contributed by atoms with E-state index in [4.69, 9.17) is 44.3 Å². The maximum Gasteiger partial charge on any atom is 0.161 e. The monoisotopic (exact) mass is 408 g/mol. The van der Waals surface area contributed by atoms with E-state index in [1.54, 1.807) is 26.4 Å². The highest BCUT2D eigenvalue weighted by Crippen LogP contribution is 2.41. The molecule has 1 atom stereocenters. The fourth-order valence-corrected chi connectivity index (χ4v) is 3.22. The third-order valence-electron chi connectivity index (χ3n) is 3.01. The lowest BCUT2D eigenvalue weighted by molar-refractivity contribution is 0.354. The zero-order valence-electron chi connectivity index (χ0n) is 11.3. The molecule has 0 aliphatic rings. The second kappa shape index (κ2) is 7.10. The normalized spacial score (nSPS) is 12.1. The molecule has 0 radical (unpaired) electrons. The van der Waals surface area contributed by atoms with Gasteiger partial charge in [0.05, 0.1) is 29.6 Å². The van der Waals surface area contributed by atoms with E-state index in [-0.39, 0.29) is 0 Å². The van der Waals surface area contributed by atoms with Crippen molar-refractivity contribution in [2.45, 2.75) is 5.38 Å². The van der Waals surface area contributed by atoms with E-state index in [2.05, 4.69) is 15.9 Å². The van der Waals surface area contributed by atoms with Crippen LogP contribution in [-0.4, -0.2) is 14.2 Å². The van der Waals surface area contributed by atoms with Gasteiger partial charge in [-0.2, -0.15) is 0 Å². The zero-order valence-corrected chi connectivity index (χ0v) is 15.1. The molecule has 0 heterocycles. The first-order valence-electron chi connectivity index (χ1n) is 5.98. The quantitative estimate of drug-likeness (QED) is 0.567. The molecule has 2 rings (SSSR count). The Labute approximate surface area is 147 Å². The van der Waals surface area contributed by atoms with Crippen molar-refractivity contribution in [3.05, 3.63) is 56.0 Å². The van der Waals surface area contributed by atoms with Gasteiger partial charge in [-0.1, -0.05) is 45.2 Å². The number of alkyl halides is 1. The third kappa shape index (κ3) is 3.59. The van der Waals surface area contributed by atoms with Gasteiger partial charge in [0.1, 0.15) is 0 Å². The zero-order chi connectivity index (χ0) is 15.6. The van der Waals surface area contributed by atoms with Crippen molar-refractivity contribution in [2.24, 2.45) is 0 Å². The van der Waals surface area contributed by atoms with Crippen LogP contribution in [-0.2, 0) is 0 Å². The molecule has 6 heteroatoms. The average molecular weight is 411 g/mol. The number of hydrogen-bond acceptors (Lipinski definition) is 2. The second-order valence-corrected chi connectivity index (χ2v) is 6.37. The molecule has 0 spiro atoms. The maximum absolute atomic E-state index is 6.56. The largest absolute Gasteiger partial charge is 0.493 e. The fourth-order valence-electron chi connectivity index (χ4n) is 1.91. The van der Waals surface area contributed by atoms with Gasteiger partial charge >= 0.3 is 0 Å². The summed E-state index contributed by atoms with van der Waals surface area (Å²) in [7, 11) is 3.17. The maximum atomic E-state index is 6.56. The minimum atomic E-state index is -0.394. The third-order valence-corrected chi connectivity index (χ3v) is 4.93.